The smallest absolute Gasteiger partial charge is 0.262 e. The van der Waals surface area contributed by atoms with Gasteiger partial charge < -0.3 is 20.1 Å². The van der Waals surface area contributed by atoms with Crippen molar-refractivity contribution < 1.29 is 19.1 Å². The van der Waals surface area contributed by atoms with Crippen molar-refractivity contribution in [2.24, 2.45) is 0 Å². The Morgan fingerprint density at radius 3 is 2.33 bits per heavy atom. The van der Waals surface area contributed by atoms with E-state index in [-0.39, 0.29) is 18.4 Å². The largest absolute Gasteiger partial charge is 0.497 e. The highest BCUT2D eigenvalue weighted by Crippen LogP contribution is 2.20. The normalized spacial score (nSPS) is 10.2. The van der Waals surface area contributed by atoms with E-state index in [1.165, 1.54) is 0 Å². The number of anilines is 2. The van der Waals surface area contributed by atoms with E-state index in [4.69, 9.17) is 9.47 Å². The van der Waals surface area contributed by atoms with Gasteiger partial charge >= 0.3 is 0 Å². The molecule has 0 fully saturated rings. The van der Waals surface area contributed by atoms with E-state index >= 15 is 0 Å². The van der Waals surface area contributed by atoms with Crippen molar-refractivity contribution >= 4 is 23.2 Å². The number of rotatable bonds is 7. The summed E-state index contributed by atoms with van der Waals surface area (Å²) in [5.74, 6) is 0.661. The number of hydrogen-bond acceptors (Lipinski definition) is 4. The second kappa shape index (κ2) is 9.60. The van der Waals surface area contributed by atoms with E-state index in [1.807, 2.05) is 32.0 Å². The van der Waals surface area contributed by atoms with E-state index in [1.54, 1.807) is 55.6 Å². The van der Waals surface area contributed by atoms with Crippen LogP contribution in [0.15, 0.2) is 66.7 Å². The Labute approximate surface area is 175 Å². The molecule has 0 aliphatic carbocycles. The molecule has 0 saturated carbocycles. The van der Waals surface area contributed by atoms with Gasteiger partial charge in [0.25, 0.3) is 11.8 Å². The summed E-state index contributed by atoms with van der Waals surface area (Å²) < 4.78 is 10.6. The van der Waals surface area contributed by atoms with E-state index in [0.717, 1.165) is 16.8 Å². The van der Waals surface area contributed by atoms with Gasteiger partial charge in [-0.2, -0.15) is 0 Å². The maximum Gasteiger partial charge on any atom is 0.262 e. The molecule has 30 heavy (non-hydrogen) atoms. The third-order valence-electron chi connectivity index (χ3n) is 4.69. The minimum Gasteiger partial charge on any atom is -0.497 e. The highest BCUT2D eigenvalue weighted by atomic mass is 16.5. The van der Waals surface area contributed by atoms with Crippen LogP contribution in [0.25, 0.3) is 0 Å². The molecule has 3 aromatic rings. The van der Waals surface area contributed by atoms with E-state index in [0.29, 0.717) is 22.7 Å². The lowest BCUT2D eigenvalue weighted by atomic mass is 10.1. The van der Waals surface area contributed by atoms with E-state index in [2.05, 4.69) is 10.6 Å². The minimum atomic E-state index is -0.292. The molecule has 0 saturated heterocycles. The van der Waals surface area contributed by atoms with Crippen LogP contribution in [0.1, 0.15) is 21.5 Å². The molecular weight excluding hydrogens is 380 g/mol. The van der Waals surface area contributed by atoms with Crippen molar-refractivity contribution in [2.75, 3.05) is 24.4 Å². The first-order valence-corrected chi connectivity index (χ1v) is 9.50. The minimum absolute atomic E-state index is 0.148. The fourth-order valence-electron chi connectivity index (χ4n) is 2.83. The Bertz CT molecular complexity index is 1050. The third kappa shape index (κ3) is 5.38. The summed E-state index contributed by atoms with van der Waals surface area (Å²) in [5.41, 5.74) is 4.07. The van der Waals surface area contributed by atoms with Gasteiger partial charge in [0, 0.05) is 23.0 Å². The summed E-state index contributed by atoms with van der Waals surface area (Å²) in [6.07, 6.45) is 0. The summed E-state index contributed by atoms with van der Waals surface area (Å²) >= 11 is 0. The molecule has 6 nitrogen and oxygen atoms in total. The number of ether oxygens (including phenoxy) is 2. The first kappa shape index (κ1) is 20.9. The number of methoxy groups -OCH3 is 1. The molecule has 0 unspecified atom stereocenters. The second-order valence-corrected chi connectivity index (χ2v) is 6.79. The molecule has 3 rings (SSSR count). The van der Waals surface area contributed by atoms with Crippen LogP contribution < -0.4 is 20.1 Å². The highest BCUT2D eigenvalue weighted by molar-refractivity contribution is 6.04. The standard InChI is InChI=1S/C24H24N2O4/c1-16-6-4-9-22(17(16)2)26-24(28)18-10-12-20(13-11-18)30-15-23(27)25-19-7-5-8-21(14-19)29-3/h4-14H,15H2,1-3H3,(H,25,27)(H,26,28). The van der Waals surface area contributed by atoms with Gasteiger partial charge in [0.1, 0.15) is 11.5 Å². The van der Waals surface area contributed by atoms with Crippen LogP contribution in [0.5, 0.6) is 11.5 Å². The van der Waals surface area contributed by atoms with Crippen LogP contribution in [0.2, 0.25) is 0 Å². The number of carbonyl (C=O) groups excluding carboxylic acids is 2. The first-order valence-electron chi connectivity index (χ1n) is 9.50. The van der Waals surface area contributed by atoms with E-state index < -0.39 is 0 Å². The number of nitrogens with one attached hydrogen (secondary N) is 2. The molecule has 0 radical (unpaired) electrons. The fourth-order valence-corrected chi connectivity index (χ4v) is 2.83. The summed E-state index contributed by atoms with van der Waals surface area (Å²) in [4.78, 5) is 24.6. The van der Waals surface area contributed by atoms with Gasteiger partial charge in [0.15, 0.2) is 6.61 Å². The average molecular weight is 404 g/mol. The van der Waals surface area contributed by atoms with Crippen molar-refractivity contribution in [3.05, 3.63) is 83.4 Å². The van der Waals surface area contributed by atoms with Crippen molar-refractivity contribution in [3.63, 3.8) is 0 Å². The summed E-state index contributed by atoms with van der Waals surface area (Å²) in [6, 6.07) is 19.5. The Morgan fingerprint density at radius 2 is 1.60 bits per heavy atom. The maximum atomic E-state index is 12.5. The molecule has 0 bridgehead atoms. The topological polar surface area (TPSA) is 76.7 Å². The average Bonchev–Trinajstić information content (AvgIpc) is 2.76. The first-order chi connectivity index (χ1) is 14.5. The zero-order valence-corrected chi connectivity index (χ0v) is 17.2. The molecule has 0 aliphatic heterocycles. The van der Waals surface area contributed by atoms with Crippen molar-refractivity contribution in [2.45, 2.75) is 13.8 Å². The number of hydrogen-bond donors (Lipinski definition) is 2. The van der Waals surface area contributed by atoms with E-state index in [9.17, 15) is 9.59 Å². The molecule has 0 atom stereocenters. The van der Waals surface area contributed by atoms with Crippen LogP contribution in [0, 0.1) is 13.8 Å². The van der Waals surface area contributed by atoms with Gasteiger partial charge in [-0.3, -0.25) is 9.59 Å². The summed E-state index contributed by atoms with van der Waals surface area (Å²) in [5, 5.41) is 5.67. The quantitative estimate of drug-likeness (QED) is 0.604. The van der Waals surface area contributed by atoms with Crippen molar-refractivity contribution in [3.8, 4) is 11.5 Å². The van der Waals surface area contributed by atoms with Crippen molar-refractivity contribution in [1.82, 2.24) is 0 Å². The summed E-state index contributed by atoms with van der Waals surface area (Å²) in [6.45, 7) is 3.82. The van der Waals surface area contributed by atoms with Crippen LogP contribution in [0.3, 0.4) is 0 Å². The van der Waals surface area contributed by atoms with Gasteiger partial charge in [-0.15, -0.1) is 0 Å². The Balaban J connectivity index is 1.54. The summed E-state index contributed by atoms with van der Waals surface area (Å²) in [7, 11) is 1.57. The lowest BCUT2D eigenvalue weighted by molar-refractivity contribution is -0.118. The van der Waals surface area contributed by atoms with Crippen molar-refractivity contribution in [1.29, 1.82) is 0 Å². The van der Waals surface area contributed by atoms with Gasteiger partial charge in [-0.05, 0) is 67.4 Å². The Kier molecular flexibility index (Phi) is 6.70. The monoisotopic (exact) mass is 404 g/mol. The number of aryl methyl sites for hydroxylation is 1. The van der Waals surface area contributed by atoms with Gasteiger partial charge in [-0.1, -0.05) is 18.2 Å². The molecule has 6 heteroatoms. The molecule has 0 heterocycles. The number of amides is 2. The zero-order valence-electron chi connectivity index (χ0n) is 17.2. The maximum absolute atomic E-state index is 12.5. The molecule has 3 aromatic carbocycles. The van der Waals surface area contributed by atoms with Gasteiger partial charge in [-0.25, -0.2) is 0 Å². The lowest BCUT2D eigenvalue weighted by Crippen LogP contribution is -2.20. The number of benzene rings is 3. The van der Waals surface area contributed by atoms with Crippen LogP contribution >= 0.6 is 0 Å². The fraction of sp³-hybridized carbons (Fsp3) is 0.167. The molecule has 0 aromatic heterocycles. The SMILES string of the molecule is COc1cccc(NC(=O)COc2ccc(C(=O)Nc3cccc(C)c3C)cc2)c1. The highest BCUT2D eigenvalue weighted by Gasteiger charge is 2.10. The zero-order chi connectivity index (χ0) is 21.5. The molecule has 2 N–H and O–H groups in total. The van der Waals surface area contributed by atoms with Gasteiger partial charge in [0.05, 0.1) is 7.11 Å². The molecule has 2 amide bonds. The number of carbonyl (C=O) groups is 2. The second-order valence-electron chi connectivity index (χ2n) is 6.79. The Hall–Kier alpha value is -3.80. The molecule has 0 aliphatic rings. The van der Waals surface area contributed by atoms with Gasteiger partial charge in [0.2, 0.25) is 0 Å². The molecule has 0 spiro atoms. The molecule has 154 valence electrons. The lowest BCUT2D eigenvalue weighted by Gasteiger charge is -2.11. The van der Waals surface area contributed by atoms with Crippen LogP contribution in [-0.4, -0.2) is 25.5 Å². The predicted molar refractivity (Wildman–Crippen MR) is 117 cm³/mol. The van der Waals surface area contributed by atoms with Crippen LogP contribution in [0.4, 0.5) is 11.4 Å². The third-order valence-corrected chi connectivity index (χ3v) is 4.69. The molecular formula is C24H24N2O4. The predicted octanol–water partition coefficient (Wildman–Crippen LogP) is 4.58. The van der Waals surface area contributed by atoms with Crippen LogP contribution in [-0.2, 0) is 4.79 Å². The Morgan fingerprint density at radius 1 is 0.867 bits per heavy atom.